The van der Waals surface area contributed by atoms with Crippen LogP contribution in [0.1, 0.15) is 184 Å². The molecule has 4 aromatic heterocycles. The van der Waals surface area contributed by atoms with Crippen LogP contribution in [0.4, 0.5) is 0 Å². The lowest BCUT2D eigenvalue weighted by Gasteiger charge is -2.29. The maximum Gasteiger partial charge on any atom is 0.273 e. The van der Waals surface area contributed by atoms with E-state index in [1.807, 2.05) is 119 Å². The van der Waals surface area contributed by atoms with Gasteiger partial charge in [-0.05, 0) is 175 Å². The Morgan fingerprint density at radius 2 is 0.832 bits per heavy atom. The fourth-order valence-electron chi connectivity index (χ4n) is 17.2. The molecule has 0 bridgehead atoms. The number of amides is 3. The highest BCUT2D eigenvalue weighted by Gasteiger charge is 2.28. The number of ether oxygens (including phenoxy) is 12. The van der Waals surface area contributed by atoms with Crippen LogP contribution in [0.15, 0.2) is 222 Å². The highest BCUT2D eigenvalue weighted by molar-refractivity contribution is 7.10. The van der Waals surface area contributed by atoms with Gasteiger partial charge in [-0.2, -0.15) is 0 Å². The summed E-state index contributed by atoms with van der Waals surface area (Å²) in [5, 5.41) is 18.1. The number of aromatic nitrogens is 4. The molecule has 2 saturated heterocycles. The molecule has 19 rings (SSSR count). The van der Waals surface area contributed by atoms with Gasteiger partial charge in [0.05, 0.1) is 58.4 Å². The minimum absolute atomic E-state index is 0.0651. The van der Waals surface area contributed by atoms with Crippen molar-refractivity contribution >= 4 is 80.4 Å². The number of methoxy groups -OCH3 is 3. The number of piperidine rings is 2. The number of carbonyl (C=O) groups excluding carboxylic acids is 3. The highest BCUT2D eigenvalue weighted by atomic mass is 35.5. The lowest BCUT2D eigenvalue weighted by atomic mass is 9.99. The average molecular weight is 2030 g/mol. The first-order chi connectivity index (χ1) is 69.9. The summed E-state index contributed by atoms with van der Waals surface area (Å²) in [6.07, 6.45) is 10.4. The molecular formula is C111H125ClN12O15S4. The molecule has 6 aliphatic rings. The lowest BCUT2D eigenvalue weighted by Crippen LogP contribution is -2.38. The molecule has 32 heteroatoms. The van der Waals surface area contributed by atoms with Gasteiger partial charge >= 0.3 is 0 Å². The molecule has 0 radical (unpaired) electrons. The molecule has 3 amide bonds. The third-order valence-electron chi connectivity index (χ3n) is 25.0. The number of rotatable bonds is 42. The van der Waals surface area contributed by atoms with Gasteiger partial charge in [0.1, 0.15) is 61.0 Å². The largest absolute Gasteiger partial charge is 0.497 e. The van der Waals surface area contributed by atoms with Crippen LogP contribution in [0, 0.1) is 12.8 Å². The minimum atomic E-state index is -0.192. The van der Waals surface area contributed by atoms with Crippen LogP contribution in [0.2, 0.25) is 5.02 Å². The number of benzene rings is 9. The van der Waals surface area contributed by atoms with E-state index in [2.05, 4.69) is 169 Å². The molecule has 0 spiro atoms. The number of carbonyl (C=O) groups is 3. The van der Waals surface area contributed by atoms with Crippen molar-refractivity contribution in [3.8, 4) is 63.2 Å². The number of nitrogens with one attached hydrogen (secondary N) is 2. The number of aryl methyl sites for hydroxylation is 1. The normalized spacial score (nSPS) is 13.7. The quantitative estimate of drug-likeness (QED) is 0.0337. The maximum absolute atomic E-state index is 13.0. The van der Waals surface area contributed by atoms with Crippen molar-refractivity contribution in [1.29, 1.82) is 0 Å². The van der Waals surface area contributed by atoms with Crippen LogP contribution in [-0.2, 0) is 89.9 Å². The fourth-order valence-corrected chi connectivity index (χ4v) is 20.6. The monoisotopic (exact) mass is 2030 g/mol. The Balaban J connectivity index is 0.000000137. The Hall–Kier alpha value is -12.7. The van der Waals surface area contributed by atoms with E-state index in [1.54, 1.807) is 49.4 Å². The summed E-state index contributed by atoms with van der Waals surface area (Å²) < 4.78 is 66.1. The predicted molar refractivity (Wildman–Crippen MR) is 559 cm³/mol. The number of hydrogen-bond acceptors (Lipinski definition) is 28. The van der Waals surface area contributed by atoms with Crippen molar-refractivity contribution in [2.75, 3.05) is 94.4 Å². The van der Waals surface area contributed by atoms with Gasteiger partial charge in [-0.15, -0.1) is 45.3 Å². The van der Waals surface area contributed by atoms with E-state index in [9.17, 15) is 14.4 Å². The summed E-state index contributed by atoms with van der Waals surface area (Å²) in [5.74, 6) is 9.05. The van der Waals surface area contributed by atoms with Crippen LogP contribution in [-0.4, -0.2) is 161 Å². The van der Waals surface area contributed by atoms with Gasteiger partial charge in [0.2, 0.25) is 27.2 Å². The molecular weight excluding hydrogens is 1910 g/mol. The molecule has 0 saturated carbocycles. The number of likely N-dealkylation sites (tertiary alicyclic amines) is 2. The lowest BCUT2D eigenvalue weighted by molar-refractivity contribution is 0.0691. The molecule has 2 N–H and O–H groups in total. The smallest absolute Gasteiger partial charge is 0.273 e. The van der Waals surface area contributed by atoms with Gasteiger partial charge in [-0.1, -0.05) is 166 Å². The van der Waals surface area contributed by atoms with Gasteiger partial charge in [0.25, 0.3) is 17.7 Å². The first-order valence-electron chi connectivity index (χ1n) is 48.7. The van der Waals surface area contributed by atoms with Gasteiger partial charge in [0.15, 0.2) is 46.0 Å². The van der Waals surface area contributed by atoms with Crippen molar-refractivity contribution in [1.82, 2.24) is 60.0 Å². The zero-order chi connectivity index (χ0) is 99.0. The number of nitrogens with zero attached hydrogens (tertiary/aromatic N) is 10. The third-order valence-corrected chi connectivity index (χ3v) is 28.6. The van der Waals surface area contributed by atoms with Crippen LogP contribution in [0.25, 0.3) is 5.70 Å². The summed E-state index contributed by atoms with van der Waals surface area (Å²) in [4.78, 5) is 70.5. The molecule has 13 aromatic rings. The van der Waals surface area contributed by atoms with Gasteiger partial charge in [-0.25, -0.2) is 19.9 Å². The second-order valence-corrected chi connectivity index (χ2v) is 40.3. The van der Waals surface area contributed by atoms with E-state index in [-0.39, 0.29) is 44.9 Å². The van der Waals surface area contributed by atoms with Crippen molar-refractivity contribution in [2.45, 2.75) is 164 Å². The minimum Gasteiger partial charge on any atom is -0.497 e. The first-order valence-corrected chi connectivity index (χ1v) is 52.6. The first kappa shape index (κ1) is 103. The van der Waals surface area contributed by atoms with Crippen LogP contribution >= 0.6 is 56.9 Å². The molecule has 0 aliphatic carbocycles. The molecule has 10 heterocycles. The van der Waals surface area contributed by atoms with E-state index in [4.69, 9.17) is 78.4 Å². The van der Waals surface area contributed by atoms with E-state index in [0.29, 0.717) is 95.1 Å². The summed E-state index contributed by atoms with van der Waals surface area (Å²) >= 11 is 12.4. The zero-order valence-corrected chi connectivity index (χ0v) is 86.0. The van der Waals surface area contributed by atoms with E-state index >= 15 is 0 Å². The number of thiazole rings is 4. The van der Waals surface area contributed by atoms with E-state index in [0.717, 1.165) is 218 Å². The number of fused-ring (bicyclic) bond motifs is 4. The van der Waals surface area contributed by atoms with Crippen molar-refractivity contribution in [3.63, 3.8) is 0 Å². The summed E-state index contributed by atoms with van der Waals surface area (Å²) in [7, 11) is 4.91. The predicted octanol–water partition coefficient (Wildman–Crippen LogP) is 21.9. The fraction of sp³-hybridized carbons (Fsp3) is 0.360. The van der Waals surface area contributed by atoms with Crippen LogP contribution < -0.4 is 62.7 Å². The highest BCUT2D eigenvalue weighted by Crippen LogP contribution is 2.40. The Morgan fingerprint density at radius 3 is 1.30 bits per heavy atom. The van der Waals surface area contributed by atoms with Crippen LogP contribution in [0.3, 0.4) is 0 Å². The van der Waals surface area contributed by atoms with Crippen molar-refractivity contribution in [2.24, 2.45) is 5.92 Å². The second-order valence-electron chi connectivity index (χ2n) is 36.1. The topological polar surface area (TPSA) is 257 Å². The average Bonchev–Trinajstić information content (AvgIpc) is 1.75. The van der Waals surface area contributed by atoms with Gasteiger partial charge in [-0.3, -0.25) is 34.0 Å². The number of unbranched alkanes of at least 4 members (excludes halogenated alkanes) is 3. The van der Waals surface area contributed by atoms with Crippen molar-refractivity contribution in [3.05, 3.63) is 326 Å². The zero-order valence-electron chi connectivity index (χ0n) is 82.0. The Morgan fingerprint density at radius 1 is 0.420 bits per heavy atom. The number of halogens is 1. The van der Waals surface area contributed by atoms with Crippen LogP contribution in [0.5, 0.6) is 63.2 Å². The summed E-state index contributed by atoms with van der Waals surface area (Å²) in [6, 6.07) is 65.1. The van der Waals surface area contributed by atoms with E-state index in [1.165, 1.54) is 77.0 Å². The number of hydrogen-bond donors (Lipinski definition) is 2. The molecule has 9 aromatic carbocycles. The molecule has 2 fully saturated rings. The standard InChI is InChI=1S/C30H31N3O5S.C28H35N3O5S.C27H31N3O3S.C26H28ClN3O2S/c1-35-14-13-31-30(34)26-20-39-29(32-26)18-33(17-24-9-12-27-28(15-24)38-21-37-27)16-22-7-10-25(11-8-22)36-19-23-5-3-2-4-6-23;1-4-5-6-7-12-29-28(32)23-18-37-27(30-23)17-31(15-20-8-11-24-26(13-20)36-19-35-24)16-21-9-10-22(33-2)14-25(21)34-3;1-19-3-5-21(6-4-19)14-29(15-22-7-8-24-25(13-22)33-18-32-24)16-26-28-23(17-34-26)27(31)30-11-9-20(2)10-12-30;1-19(30-11-3-2-4-12-30)23-17-33-26(28-23)16-29(14-20-5-8-22(27)9-6-20)15-21-7-10-24-25(13-21)32-18-31-24/h2-12,15,20H,13-14,16-19,21H2,1H3,(H,31,34);8-11,13-14,18H,4-7,12,15-17,19H2,1-3H3,(H,29,32);3-8,13,17,20H,9-12,14-16,18H2,1-2H3;5-10,13,17H,1-4,11-12,14-16,18H2. The molecule has 27 nitrogen and oxygen atoms in total. The third kappa shape index (κ3) is 30.7. The molecule has 6 aliphatic heterocycles. The Kier molecular flexibility index (Phi) is 37.9. The Labute approximate surface area is 858 Å². The summed E-state index contributed by atoms with van der Waals surface area (Å²) in [5.41, 5.74) is 15.1. The van der Waals surface area contributed by atoms with Crippen molar-refractivity contribution < 1.29 is 71.2 Å². The second kappa shape index (κ2) is 52.6. The SMILES string of the molecule is C=C(c1csc(CN(Cc2ccc(Cl)cc2)Cc2ccc3c(c2)OCO3)n1)N1CCCCC1.CCCCCCNC(=O)c1csc(CN(Cc2ccc3c(c2)OCO3)Cc2ccc(OC)cc2OC)n1.COCCNC(=O)c1csc(CN(Cc2ccc(OCc3ccccc3)cc2)Cc2ccc3c(c2)OCO3)n1.Cc1ccc(CN(Cc2ccc3c(c2)OCO3)Cc2nc(C(=O)N3CCC(C)CC3)cs2)cc1. The Bertz CT molecular complexity index is 6290. The molecule has 143 heavy (non-hydrogen) atoms. The van der Waals surface area contributed by atoms with Gasteiger partial charge in [0, 0.05) is 137 Å². The maximum atomic E-state index is 13.0. The van der Waals surface area contributed by atoms with Gasteiger partial charge < -0.3 is 77.3 Å². The summed E-state index contributed by atoms with van der Waals surface area (Å²) in [6.45, 7) is 26.3. The molecule has 0 atom stereocenters. The molecule has 750 valence electrons. The van der Waals surface area contributed by atoms with E-state index < -0.39 is 0 Å². The molecule has 0 unspecified atom stereocenters.